The van der Waals surface area contributed by atoms with Gasteiger partial charge in [0, 0.05) is 40.8 Å². The number of ether oxygens (including phenoxy) is 1. The standard InChI is InChI=1S/C29H32N6O2/c30-21-5-9-23(10-6-21)34-29(36)27-15-19-3-4-20(28(32)33)16-26(19)35(27)17-18-1-11-24(12-2-18)37-25-13-7-22(31)8-14-25/h1-4,7-8,11-16,21,23H,5-6,9-10,17,30-31H2,(H3,32,33)(H,34,36)/t21-,23-. The maximum absolute atomic E-state index is 13.4. The Kier molecular flexibility index (Phi) is 6.83. The predicted octanol–water partition coefficient (Wildman–Crippen LogP) is 4.35. The molecule has 8 N–H and O–H groups in total. The van der Waals surface area contributed by atoms with Gasteiger partial charge in [-0.2, -0.15) is 0 Å². The van der Waals surface area contributed by atoms with Gasteiger partial charge in [-0.15, -0.1) is 0 Å². The van der Waals surface area contributed by atoms with Crippen molar-refractivity contribution in [3.05, 3.63) is 89.6 Å². The van der Waals surface area contributed by atoms with E-state index in [2.05, 4.69) is 5.32 Å². The van der Waals surface area contributed by atoms with Gasteiger partial charge in [0.05, 0.1) is 0 Å². The average molecular weight is 497 g/mol. The van der Waals surface area contributed by atoms with E-state index in [0.717, 1.165) is 42.1 Å². The van der Waals surface area contributed by atoms with E-state index < -0.39 is 0 Å². The number of benzene rings is 3. The Bertz CT molecular complexity index is 1420. The van der Waals surface area contributed by atoms with Crippen molar-refractivity contribution >= 4 is 28.3 Å². The van der Waals surface area contributed by atoms with Crippen LogP contribution in [0, 0.1) is 5.41 Å². The number of amidine groups is 1. The number of nitrogens with zero attached hydrogens (tertiary/aromatic N) is 1. The molecule has 1 fully saturated rings. The third kappa shape index (κ3) is 5.59. The molecule has 3 aromatic carbocycles. The van der Waals surface area contributed by atoms with E-state index in [0.29, 0.717) is 35.0 Å². The Labute approximate surface area is 215 Å². The van der Waals surface area contributed by atoms with Gasteiger partial charge in [0.1, 0.15) is 23.0 Å². The Morgan fingerprint density at radius 1 is 0.946 bits per heavy atom. The highest BCUT2D eigenvalue weighted by atomic mass is 16.5. The van der Waals surface area contributed by atoms with Crippen LogP contribution in [0.2, 0.25) is 0 Å². The van der Waals surface area contributed by atoms with E-state index in [1.165, 1.54) is 0 Å². The van der Waals surface area contributed by atoms with Crippen molar-refractivity contribution in [1.82, 2.24) is 9.88 Å². The van der Waals surface area contributed by atoms with Crippen LogP contribution in [0.4, 0.5) is 5.69 Å². The summed E-state index contributed by atoms with van der Waals surface area (Å²) in [6.07, 6.45) is 3.61. The lowest BCUT2D eigenvalue weighted by atomic mass is 9.92. The third-order valence-corrected chi connectivity index (χ3v) is 6.93. The zero-order valence-corrected chi connectivity index (χ0v) is 20.6. The molecule has 1 amide bonds. The van der Waals surface area contributed by atoms with Crippen LogP contribution >= 0.6 is 0 Å². The zero-order chi connectivity index (χ0) is 25.9. The number of carbonyl (C=O) groups is 1. The van der Waals surface area contributed by atoms with Gasteiger partial charge in [-0.05, 0) is 79.8 Å². The molecular formula is C29H32N6O2. The number of carbonyl (C=O) groups excluding carboxylic acids is 1. The second kappa shape index (κ2) is 10.4. The molecule has 0 bridgehead atoms. The number of amides is 1. The van der Waals surface area contributed by atoms with Crippen LogP contribution in [-0.4, -0.2) is 28.4 Å². The fourth-order valence-corrected chi connectivity index (χ4v) is 4.82. The molecule has 0 unspecified atom stereocenters. The van der Waals surface area contributed by atoms with Crippen LogP contribution in [0.5, 0.6) is 11.5 Å². The number of fused-ring (bicyclic) bond motifs is 1. The molecule has 0 radical (unpaired) electrons. The first-order chi connectivity index (χ1) is 17.9. The monoisotopic (exact) mass is 496 g/mol. The molecule has 8 heteroatoms. The van der Waals surface area contributed by atoms with Gasteiger partial charge in [0.15, 0.2) is 0 Å². The summed E-state index contributed by atoms with van der Waals surface area (Å²) in [5.41, 5.74) is 21.3. The number of hydrogen-bond acceptors (Lipinski definition) is 5. The van der Waals surface area contributed by atoms with Crippen LogP contribution in [0.1, 0.15) is 47.3 Å². The number of rotatable bonds is 7. The minimum Gasteiger partial charge on any atom is -0.457 e. The van der Waals surface area contributed by atoms with Crippen molar-refractivity contribution in [2.24, 2.45) is 11.5 Å². The molecule has 190 valence electrons. The number of nitrogen functional groups attached to an aromatic ring is 2. The first-order valence-electron chi connectivity index (χ1n) is 12.5. The van der Waals surface area contributed by atoms with Gasteiger partial charge in [-0.25, -0.2) is 0 Å². The van der Waals surface area contributed by atoms with Crippen molar-refractivity contribution in [3.63, 3.8) is 0 Å². The van der Waals surface area contributed by atoms with Gasteiger partial charge in [0.2, 0.25) is 0 Å². The molecule has 1 heterocycles. The molecule has 37 heavy (non-hydrogen) atoms. The van der Waals surface area contributed by atoms with Crippen molar-refractivity contribution in [2.75, 3.05) is 5.73 Å². The van der Waals surface area contributed by atoms with Crippen molar-refractivity contribution in [2.45, 2.75) is 44.3 Å². The topological polar surface area (TPSA) is 145 Å². The first-order valence-corrected chi connectivity index (χ1v) is 12.5. The van der Waals surface area contributed by atoms with Crippen LogP contribution in [-0.2, 0) is 6.54 Å². The van der Waals surface area contributed by atoms with Crippen LogP contribution in [0.25, 0.3) is 10.9 Å². The third-order valence-electron chi connectivity index (χ3n) is 6.93. The molecular weight excluding hydrogens is 464 g/mol. The molecule has 5 rings (SSSR count). The maximum atomic E-state index is 13.4. The Hall–Kier alpha value is -4.30. The van der Waals surface area contributed by atoms with Gasteiger partial charge in [-0.1, -0.05) is 24.3 Å². The average Bonchev–Trinajstić information content (AvgIpc) is 3.25. The van der Waals surface area contributed by atoms with E-state index in [1.807, 2.05) is 65.2 Å². The Balaban J connectivity index is 1.42. The highest BCUT2D eigenvalue weighted by Gasteiger charge is 2.23. The highest BCUT2D eigenvalue weighted by molar-refractivity contribution is 6.02. The van der Waals surface area contributed by atoms with E-state index >= 15 is 0 Å². The highest BCUT2D eigenvalue weighted by Crippen LogP contribution is 2.26. The number of hydrogen-bond donors (Lipinski definition) is 5. The van der Waals surface area contributed by atoms with Gasteiger partial charge in [0.25, 0.3) is 5.91 Å². The maximum Gasteiger partial charge on any atom is 0.268 e. The van der Waals surface area contributed by atoms with Crippen LogP contribution < -0.4 is 27.3 Å². The Morgan fingerprint density at radius 2 is 1.59 bits per heavy atom. The summed E-state index contributed by atoms with van der Waals surface area (Å²) in [5.74, 6) is 1.30. The molecule has 8 nitrogen and oxygen atoms in total. The van der Waals surface area contributed by atoms with E-state index in [9.17, 15) is 4.79 Å². The quantitative estimate of drug-likeness (QED) is 0.147. The van der Waals surface area contributed by atoms with Crippen LogP contribution in [0.3, 0.4) is 0 Å². The molecule has 1 aromatic heterocycles. The molecule has 1 aliphatic carbocycles. The summed E-state index contributed by atoms with van der Waals surface area (Å²) in [5, 5.41) is 12.0. The molecule has 0 spiro atoms. The van der Waals surface area contributed by atoms with Gasteiger partial charge in [-0.3, -0.25) is 10.2 Å². The normalized spacial score (nSPS) is 17.4. The number of anilines is 1. The summed E-state index contributed by atoms with van der Waals surface area (Å²) < 4.78 is 7.90. The SMILES string of the molecule is N=C(N)c1ccc2cc(C(=O)N[C@H]3CC[C@H](N)CC3)n(Cc3ccc(Oc4ccc(N)cc4)cc3)c2c1. The summed E-state index contributed by atoms with van der Waals surface area (Å²) in [6.45, 7) is 0.477. The lowest BCUT2D eigenvalue weighted by molar-refractivity contribution is 0.0917. The van der Waals surface area contributed by atoms with E-state index in [1.54, 1.807) is 12.1 Å². The molecule has 1 saturated carbocycles. The number of aromatic nitrogens is 1. The molecule has 0 aliphatic heterocycles. The lowest BCUT2D eigenvalue weighted by Gasteiger charge is -2.27. The predicted molar refractivity (Wildman–Crippen MR) is 147 cm³/mol. The number of nitrogens with one attached hydrogen (secondary N) is 2. The first kappa shape index (κ1) is 24.4. The number of nitrogens with two attached hydrogens (primary N) is 3. The minimum absolute atomic E-state index is 0.0108. The minimum atomic E-state index is -0.107. The fraction of sp³-hybridized carbons (Fsp3) is 0.241. The van der Waals surface area contributed by atoms with Crippen molar-refractivity contribution < 1.29 is 9.53 Å². The van der Waals surface area contributed by atoms with Crippen LogP contribution in [0.15, 0.2) is 72.8 Å². The van der Waals surface area contributed by atoms with E-state index in [4.69, 9.17) is 27.3 Å². The molecule has 4 aromatic rings. The molecule has 1 aliphatic rings. The second-order valence-electron chi connectivity index (χ2n) is 9.70. The lowest BCUT2D eigenvalue weighted by Crippen LogP contribution is -2.41. The van der Waals surface area contributed by atoms with E-state index in [-0.39, 0.29) is 23.8 Å². The molecule has 0 saturated heterocycles. The fourth-order valence-electron chi connectivity index (χ4n) is 4.82. The zero-order valence-electron chi connectivity index (χ0n) is 20.6. The van der Waals surface area contributed by atoms with Gasteiger partial charge < -0.3 is 31.8 Å². The van der Waals surface area contributed by atoms with Crippen molar-refractivity contribution in [3.8, 4) is 11.5 Å². The summed E-state index contributed by atoms with van der Waals surface area (Å²) in [7, 11) is 0. The largest absolute Gasteiger partial charge is 0.457 e. The van der Waals surface area contributed by atoms with Crippen molar-refractivity contribution in [1.29, 1.82) is 5.41 Å². The van der Waals surface area contributed by atoms with Gasteiger partial charge >= 0.3 is 0 Å². The Morgan fingerprint density at radius 3 is 2.24 bits per heavy atom. The molecule has 0 atom stereocenters. The second-order valence-corrected chi connectivity index (χ2v) is 9.70. The smallest absolute Gasteiger partial charge is 0.268 e. The summed E-state index contributed by atoms with van der Waals surface area (Å²) in [4.78, 5) is 13.4. The summed E-state index contributed by atoms with van der Waals surface area (Å²) >= 11 is 0. The summed E-state index contributed by atoms with van der Waals surface area (Å²) in [6, 6.07) is 22.9.